The Labute approximate surface area is 167 Å². The number of carbonyl (C=O) groups excluding carboxylic acids is 1. The van der Waals surface area contributed by atoms with Gasteiger partial charge in [0.15, 0.2) is 0 Å². The van der Waals surface area contributed by atoms with Crippen LogP contribution in [0.15, 0.2) is 54.6 Å². The van der Waals surface area contributed by atoms with E-state index in [-0.39, 0.29) is 5.91 Å². The topological polar surface area (TPSA) is 60.9 Å². The van der Waals surface area contributed by atoms with E-state index < -0.39 is 10.2 Å². The van der Waals surface area contributed by atoms with Gasteiger partial charge in [0.05, 0.1) is 0 Å². The van der Waals surface area contributed by atoms with Crippen molar-refractivity contribution in [3.05, 3.63) is 60.2 Å². The van der Waals surface area contributed by atoms with Gasteiger partial charge in [-0.15, -0.1) is 0 Å². The lowest BCUT2D eigenvalue weighted by atomic mass is 10.0. The molecular formula is C21H27N3O3S. The fourth-order valence-corrected chi connectivity index (χ4v) is 5.06. The Kier molecular flexibility index (Phi) is 6.49. The highest BCUT2D eigenvalue weighted by atomic mass is 32.2. The normalized spacial score (nSPS) is 15.8. The third-order valence-electron chi connectivity index (χ3n) is 5.12. The van der Waals surface area contributed by atoms with Gasteiger partial charge in [0.25, 0.3) is 16.1 Å². The lowest BCUT2D eigenvalue weighted by Gasteiger charge is -2.36. The van der Waals surface area contributed by atoms with Crippen LogP contribution in [0.4, 0.5) is 0 Å². The molecule has 1 amide bonds. The summed E-state index contributed by atoms with van der Waals surface area (Å²) < 4.78 is 28.2. The summed E-state index contributed by atoms with van der Waals surface area (Å²) in [5, 5.41) is 0. The second kappa shape index (κ2) is 8.86. The van der Waals surface area contributed by atoms with E-state index in [1.54, 1.807) is 4.90 Å². The number of hydrogen-bond acceptors (Lipinski definition) is 3. The highest BCUT2D eigenvalue weighted by molar-refractivity contribution is 7.86. The number of amides is 1. The Morgan fingerprint density at radius 2 is 1.39 bits per heavy atom. The monoisotopic (exact) mass is 401 g/mol. The average molecular weight is 402 g/mol. The fraction of sp³-hybridized carbons (Fsp3) is 0.381. The largest absolute Gasteiger partial charge is 0.336 e. The molecule has 1 heterocycles. The predicted molar refractivity (Wildman–Crippen MR) is 111 cm³/mol. The molecule has 0 saturated carbocycles. The highest BCUT2D eigenvalue weighted by Crippen LogP contribution is 2.20. The number of hydrogen-bond donors (Lipinski definition) is 0. The van der Waals surface area contributed by atoms with Gasteiger partial charge in [-0.25, -0.2) is 0 Å². The van der Waals surface area contributed by atoms with Crippen molar-refractivity contribution >= 4 is 16.1 Å². The standard InChI is InChI=1S/C21H27N3O3S/c1-3-23(4-2)28(26,27)24-16-14-22(15-17-24)21(25)20-12-10-19(11-13-20)18-8-6-5-7-9-18/h5-13H,3-4,14-17H2,1-2H3. The van der Waals surface area contributed by atoms with Crippen LogP contribution in [0.25, 0.3) is 11.1 Å². The molecule has 1 aliphatic heterocycles. The molecule has 28 heavy (non-hydrogen) atoms. The Hall–Kier alpha value is -2.22. The van der Waals surface area contributed by atoms with Gasteiger partial charge in [-0.2, -0.15) is 17.0 Å². The lowest BCUT2D eigenvalue weighted by Crippen LogP contribution is -2.54. The van der Waals surface area contributed by atoms with Crippen LogP contribution in [-0.4, -0.2) is 67.1 Å². The van der Waals surface area contributed by atoms with Crippen LogP contribution in [0.3, 0.4) is 0 Å². The van der Waals surface area contributed by atoms with Crippen molar-refractivity contribution in [3.8, 4) is 11.1 Å². The van der Waals surface area contributed by atoms with Crippen molar-refractivity contribution in [2.75, 3.05) is 39.3 Å². The molecule has 2 aromatic carbocycles. The summed E-state index contributed by atoms with van der Waals surface area (Å²) in [6.07, 6.45) is 0. The van der Waals surface area contributed by atoms with Gasteiger partial charge >= 0.3 is 0 Å². The Bertz CT molecular complexity index is 886. The van der Waals surface area contributed by atoms with Crippen LogP contribution >= 0.6 is 0 Å². The number of piperazine rings is 1. The third-order valence-corrected chi connectivity index (χ3v) is 7.31. The van der Waals surface area contributed by atoms with E-state index in [0.717, 1.165) is 11.1 Å². The first-order valence-corrected chi connectivity index (χ1v) is 11.1. The Balaban J connectivity index is 1.64. The highest BCUT2D eigenvalue weighted by Gasteiger charge is 2.32. The molecule has 0 unspecified atom stereocenters. The predicted octanol–water partition coefficient (Wildman–Crippen LogP) is 2.70. The third kappa shape index (κ3) is 4.27. The molecule has 1 aliphatic rings. The summed E-state index contributed by atoms with van der Waals surface area (Å²) in [5.41, 5.74) is 2.80. The molecule has 1 saturated heterocycles. The molecule has 6 nitrogen and oxygen atoms in total. The van der Waals surface area contributed by atoms with Gasteiger partial charge < -0.3 is 4.90 Å². The van der Waals surface area contributed by atoms with Crippen LogP contribution in [0, 0.1) is 0 Å². The maximum atomic E-state index is 12.8. The van der Waals surface area contributed by atoms with E-state index in [4.69, 9.17) is 0 Å². The molecule has 0 N–H and O–H groups in total. The minimum absolute atomic E-state index is 0.0560. The van der Waals surface area contributed by atoms with Crippen molar-refractivity contribution in [2.24, 2.45) is 0 Å². The maximum Gasteiger partial charge on any atom is 0.282 e. The van der Waals surface area contributed by atoms with Crippen LogP contribution in [0.2, 0.25) is 0 Å². The van der Waals surface area contributed by atoms with Gasteiger partial charge in [0, 0.05) is 44.8 Å². The average Bonchev–Trinajstić information content (AvgIpc) is 2.75. The molecule has 0 bridgehead atoms. The molecule has 150 valence electrons. The zero-order valence-corrected chi connectivity index (χ0v) is 17.2. The summed E-state index contributed by atoms with van der Waals surface area (Å²) >= 11 is 0. The van der Waals surface area contributed by atoms with E-state index in [9.17, 15) is 13.2 Å². The van der Waals surface area contributed by atoms with Crippen LogP contribution in [0.5, 0.6) is 0 Å². The summed E-state index contributed by atoms with van der Waals surface area (Å²) in [5.74, 6) is -0.0560. The molecule has 0 aromatic heterocycles. The summed E-state index contributed by atoms with van der Waals surface area (Å²) in [4.78, 5) is 14.5. The van der Waals surface area contributed by atoms with E-state index >= 15 is 0 Å². The van der Waals surface area contributed by atoms with Crippen molar-refractivity contribution < 1.29 is 13.2 Å². The van der Waals surface area contributed by atoms with Gasteiger partial charge in [-0.1, -0.05) is 56.3 Å². The van der Waals surface area contributed by atoms with Crippen LogP contribution < -0.4 is 0 Å². The number of carbonyl (C=O) groups is 1. The molecular weight excluding hydrogens is 374 g/mol. The summed E-state index contributed by atoms with van der Waals surface area (Å²) in [7, 11) is -3.45. The Morgan fingerprint density at radius 3 is 1.93 bits per heavy atom. The van der Waals surface area contributed by atoms with Gasteiger partial charge in [0.2, 0.25) is 0 Å². The maximum absolute atomic E-state index is 12.8. The SMILES string of the molecule is CCN(CC)S(=O)(=O)N1CCN(C(=O)c2ccc(-c3ccccc3)cc2)CC1. The Morgan fingerprint density at radius 1 is 0.857 bits per heavy atom. The first kappa shape index (κ1) is 20.5. The first-order valence-electron chi connectivity index (χ1n) is 9.67. The quantitative estimate of drug-likeness (QED) is 0.748. The second-order valence-corrected chi connectivity index (χ2v) is 8.66. The van der Waals surface area contributed by atoms with Gasteiger partial charge in [0.1, 0.15) is 0 Å². The van der Waals surface area contributed by atoms with Crippen molar-refractivity contribution in [1.29, 1.82) is 0 Å². The molecule has 0 atom stereocenters. The number of benzene rings is 2. The molecule has 0 spiro atoms. The molecule has 2 aromatic rings. The van der Waals surface area contributed by atoms with E-state index in [0.29, 0.717) is 44.8 Å². The number of nitrogens with zero attached hydrogens (tertiary/aromatic N) is 3. The second-order valence-electron chi connectivity index (χ2n) is 6.73. The van der Waals surface area contributed by atoms with Crippen LogP contribution in [0.1, 0.15) is 24.2 Å². The summed E-state index contributed by atoms with van der Waals surface area (Å²) in [6, 6.07) is 17.6. The van der Waals surface area contributed by atoms with Gasteiger partial charge in [-0.3, -0.25) is 4.79 Å². The zero-order chi connectivity index (χ0) is 20.1. The minimum Gasteiger partial charge on any atom is -0.336 e. The zero-order valence-electron chi connectivity index (χ0n) is 16.4. The summed E-state index contributed by atoms with van der Waals surface area (Å²) in [6.45, 7) is 6.02. The molecule has 0 aliphatic carbocycles. The van der Waals surface area contributed by atoms with Gasteiger partial charge in [-0.05, 0) is 23.3 Å². The molecule has 3 rings (SSSR count). The lowest BCUT2D eigenvalue weighted by molar-refractivity contribution is 0.0694. The van der Waals surface area contributed by atoms with E-state index in [2.05, 4.69) is 0 Å². The first-order chi connectivity index (χ1) is 13.5. The molecule has 1 fully saturated rings. The van der Waals surface area contributed by atoms with Crippen LogP contribution in [-0.2, 0) is 10.2 Å². The van der Waals surface area contributed by atoms with Crippen molar-refractivity contribution in [3.63, 3.8) is 0 Å². The molecule has 0 radical (unpaired) electrons. The number of rotatable bonds is 6. The van der Waals surface area contributed by atoms with E-state index in [1.807, 2.05) is 68.4 Å². The minimum atomic E-state index is -3.45. The smallest absolute Gasteiger partial charge is 0.282 e. The fourth-order valence-electron chi connectivity index (χ4n) is 3.45. The molecule has 7 heteroatoms. The van der Waals surface area contributed by atoms with Crippen molar-refractivity contribution in [1.82, 2.24) is 13.5 Å². The van der Waals surface area contributed by atoms with Crippen molar-refractivity contribution in [2.45, 2.75) is 13.8 Å². The van der Waals surface area contributed by atoms with E-state index in [1.165, 1.54) is 8.61 Å².